The third kappa shape index (κ3) is 2.66. The SMILES string of the molecule is CCC1=C(C)OCN1S(=O)(=O)c1c(Cl)cccc1C(=O)OC. The second-order valence-corrected chi connectivity index (χ2v) is 6.80. The van der Waals surface area contributed by atoms with E-state index in [4.69, 9.17) is 16.3 Å². The molecule has 22 heavy (non-hydrogen) atoms. The number of nitrogens with zero attached hydrogens (tertiary/aromatic N) is 1. The number of carbonyl (C=O) groups excluding carboxylic acids is 1. The zero-order valence-electron chi connectivity index (χ0n) is 12.4. The van der Waals surface area contributed by atoms with Gasteiger partial charge in [0.2, 0.25) is 0 Å². The zero-order chi connectivity index (χ0) is 16.5. The van der Waals surface area contributed by atoms with Gasteiger partial charge in [0, 0.05) is 0 Å². The minimum Gasteiger partial charge on any atom is -0.475 e. The normalized spacial score (nSPS) is 15.0. The number of methoxy groups -OCH3 is 1. The number of halogens is 1. The van der Waals surface area contributed by atoms with Gasteiger partial charge in [-0.05, 0) is 25.5 Å². The van der Waals surface area contributed by atoms with Crippen molar-refractivity contribution in [3.8, 4) is 0 Å². The van der Waals surface area contributed by atoms with Crippen molar-refractivity contribution in [3.05, 3.63) is 40.2 Å². The number of sulfonamides is 1. The maximum atomic E-state index is 12.9. The second-order valence-electron chi connectivity index (χ2n) is 4.59. The quantitative estimate of drug-likeness (QED) is 0.784. The summed E-state index contributed by atoms with van der Waals surface area (Å²) in [5.74, 6) is -0.224. The van der Waals surface area contributed by atoms with Gasteiger partial charge in [-0.2, -0.15) is 0 Å². The molecule has 6 nitrogen and oxygen atoms in total. The van der Waals surface area contributed by atoms with Crippen LogP contribution in [0.2, 0.25) is 5.02 Å². The highest BCUT2D eigenvalue weighted by Gasteiger charge is 2.36. The molecule has 1 aliphatic rings. The Morgan fingerprint density at radius 3 is 2.73 bits per heavy atom. The van der Waals surface area contributed by atoms with Crippen molar-refractivity contribution in [2.45, 2.75) is 25.2 Å². The van der Waals surface area contributed by atoms with E-state index < -0.39 is 16.0 Å². The molecule has 0 aliphatic carbocycles. The molecular formula is C14H16ClNO5S. The van der Waals surface area contributed by atoms with Gasteiger partial charge in [0.05, 0.1) is 23.4 Å². The predicted octanol–water partition coefficient (Wildman–Crippen LogP) is 2.75. The van der Waals surface area contributed by atoms with Crippen molar-refractivity contribution >= 4 is 27.6 Å². The standard InChI is InChI=1S/C14H16ClNO5S/c1-4-12-9(2)21-8-16(12)22(18,19)13-10(14(17)20-3)6-5-7-11(13)15/h5-7H,4,8H2,1-3H3. The van der Waals surface area contributed by atoms with Gasteiger partial charge in [-0.15, -0.1) is 0 Å². The van der Waals surface area contributed by atoms with Gasteiger partial charge in [-0.1, -0.05) is 24.6 Å². The van der Waals surface area contributed by atoms with Crippen LogP contribution >= 0.6 is 11.6 Å². The predicted molar refractivity (Wildman–Crippen MR) is 80.8 cm³/mol. The van der Waals surface area contributed by atoms with Gasteiger partial charge in [0.1, 0.15) is 10.7 Å². The minimum absolute atomic E-state index is 0.0390. The lowest BCUT2D eigenvalue weighted by atomic mass is 10.2. The molecule has 0 spiro atoms. The average Bonchev–Trinajstić information content (AvgIpc) is 2.87. The molecular weight excluding hydrogens is 330 g/mol. The van der Waals surface area contributed by atoms with Crippen molar-refractivity contribution in [3.63, 3.8) is 0 Å². The molecule has 0 saturated heterocycles. The number of benzene rings is 1. The Balaban J connectivity index is 2.63. The first-order chi connectivity index (χ1) is 10.3. The number of ether oxygens (including phenoxy) is 2. The van der Waals surface area contributed by atoms with Crippen LogP contribution < -0.4 is 0 Å². The Labute approximate surface area is 134 Å². The van der Waals surface area contributed by atoms with Crippen LogP contribution in [-0.4, -0.2) is 32.5 Å². The minimum atomic E-state index is -4.03. The van der Waals surface area contributed by atoms with Gasteiger partial charge in [-0.25, -0.2) is 17.5 Å². The van der Waals surface area contributed by atoms with Gasteiger partial charge in [0.25, 0.3) is 10.0 Å². The summed E-state index contributed by atoms with van der Waals surface area (Å²) in [4.78, 5) is 11.6. The Morgan fingerprint density at radius 2 is 2.14 bits per heavy atom. The molecule has 2 rings (SSSR count). The number of carbonyl (C=O) groups is 1. The van der Waals surface area contributed by atoms with Crippen LogP contribution in [0.25, 0.3) is 0 Å². The van der Waals surface area contributed by atoms with Gasteiger partial charge >= 0.3 is 5.97 Å². The van der Waals surface area contributed by atoms with Crippen molar-refractivity contribution < 1.29 is 22.7 Å². The summed E-state index contributed by atoms with van der Waals surface area (Å²) in [6.07, 6.45) is 0.475. The molecule has 0 bridgehead atoms. The maximum Gasteiger partial charge on any atom is 0.339 e. The highest BCUT2D eigenvalue weighted by atomic mass is 35.5. The molecule has 0 amide bonds. The van der Waals surface area contributed by atoms with Crippen LogP contribution in [0, 0.1) is 0 Å². The molecule has 0 radical (unpaired) electrons. The first kappa shape index (κ1) is 16.6. The van der Waals surface area contributed by atoms with E-state index in [9.17, 15) is 13.2 Å². The smallest absolute Gasteiger partial charge is 0.339 e. The van der Waals surface area contributed by atoms with Crippen LogP contribution in [0.1, 0.15) is 30.6 Å². The molecule has 0 N–H and O–H groups in total. The summed E-state index contributed by atoms with van der Waals surface area (Å²) in [5.41, 5.74) is 0.436. The van der Waals surface area contributed by atoms with E-state index in [1.807, 2.05) is 6.92 Å². The fraction of sp³-hybridized carbons (Fsp3) is 0.357. The molecule has 1 aromatic rings. The zero-order valence-corrected chi connectivity index (χ0v) is 14.0. The van der Waals surface area contributed by atoms with Crippen LogP contribution in [0.4, 0.5) is 0 Å². The largest absolute Gasteiger partial charge is 0.475 e. The Bertz CT molecular complexity index is 742. The number of allylic oxidation sites excluding steroid dienone is 2. The van der Waals surface area contributed by atoms with E-state index in [2.05, 4.69) is 4.74 Å². The van der Waals surface area contributed by atoms with Gasteiger partial charge in [-0.3, -0.25) is 0 Å². The first-order valence-corrected chi connectivity index (χ1v) is 8.38. The summed E-state index contributed by atoms with van der Waals surface area (Å²) >= 11 is 6.05. The van der Waals surface area contributed by atoms with Crippen LogP contribution in [-0.2, 0) is 19.5 Å². The fourth-order valence-corrected chi connectivity index (χ4v) is 4.45. The molecule has 0 atom stereocenters. The third-order valence-electron chi connectivity index (χ3n) is 3.36. The summed E-state index contributed by atoms with van der Waals surface area (Å²) in [6.45, 7) is 3.38. The monoisotopic (exact) mass is 345 g/mol. The van der Waals surface area contributed by atoms with E-state index in [0.29, 0.717) is 17.9 Å². The molecule has 1 aromatic carbocycles. The van der Waals surface area contributed by atoms with Crippen molar-refractivity contribution in [1.29, 1.82) is 0 Å². The van der Waals surface area contributed by atoms with Crippen molar-refractivity contribution in [1.82, 2.24) is 4.31 Å². The molecule has 1 heterocycles. The third-order valence-corrected chi connectivity index (χ3v) is 5.65. The average molecular weight is 346 g/mol. The molecule has 0 fully saturated rings. The molecule has 0 saturated carbocycles. The number of rotatable bonds is 4. The summed E-state index contributed by atoms with van der Waals surface area (Å²) in [7, 11) is -2.85. The van der Waals surface area contributed by atoms with Crippen LogP contribution in [0.3, 0.4) is 0 Å². The Morgan fingerprint density at radius 1 is 1.45 bits per heavy atom. The summed E-state index contributed by atoms with van der Waals surface area (Å²) in [6, 6.07) is 4.28. The van der Waals surface area contributed by atoms with Crippen LogP contribution in [0.15, 0.2) is 34.6 Å². The second kappa shape index (κ2) is 6.18. The van der Waals surface area contributed by atoms with Gasteiger partial charge < -0.3 is 9.47 Å². The Hall–Kier alpha value is -1.73. The lowest BCUT2D eigenvalue weighted by molar-refractivity contribution is 0.0596. The number of esters is 1. The Kier molecular flexibility index (Phi) is 4.67. The maximum absolute atomic E-state index is 12.9. The highest BCUT2D eigenvalue weighted by molar-refractivity contribution is 7.89. The lowest BCUT2D eigenvalue weighted by Gasteiger charge is -2.21. The molecule has 8 heteroatoms. The van der Waals surface area contributed by atoms with Crippen molar-refractivity contribution in [2.24, 2.45) is 0 Å². The number of hydrogen-bond donors (Lipinski definition) is 0. The lowest BCUT2D eigenvalue weighted by Crippen LogP contribution is -2.30. The van der Waals surface area contributed by atoms with Crippen molar-refractivity contribution in [2.75, 3.05) is 13.8 Å². The van der Waals surface area contributed by atoms with E-state index in [-0.39, 0.29) is 22.2 Å². The summed E-state index contributed by atoms with van der Waals surface area (Å²) < 4.78 is 36.9. The van der Waals surface area contributed by atoms with E-state index in [0.717, 1.165) is 4.31 Å². The molecule has 120 valence electrons. The molecule has 1 aliphatic heterocycles. The van der Waals surface area contributed by atoms with Gasteiger partial charge in [0.15, 0.2) is 6.73 Å². The van der Waals surface area contributed by atoms with Crippen LogP contribution in [0.5, 0.6) is 0 Å². The summed E-state index contributed by atoms with van der Waals surface area (Å²) in [5, 5.41) is -0.0390. The highest BCUT2D eigenvalue weighted by Crippen LogP contribution is 2.34. The van der Waals surface area contributed by atoms with E-state index in [1.54, 1.807) is 6.92 Å². The topological polar surface area (TPSA) is 72.9 Å². The molecule has 0 aromatic heterocycles. The number of hydrogen-bond acceptors (Lipinski definition) is 5. The van der Waals surface area contributed by atoms with E-state index >= 15 is 0 Å². The fourth-order valence-electron chi connectivity index (χ4n) is 2.28. The van der Waals surface area contributed by atoms with E-state index in [1.165, 1.54) is 25.3 Å². The molecule has 0 unspecified atom stereocenters. The first-order valence-electron chi connectivity index (χ1n) is 6.56.